The monoisotopic (exact) mass is 884 g/mol. The quantitative estimate of drug-likeness (QED) is 0.232. The molecule has 334 valence electrons. The number of benzene rings is 1. The van der Waals surface area contributed by atoms with Crippen LogP contribution >= 0.6 is 0 Å². The number of methoxy groups -OCH3 is 1. The Bertz CT molecular complexity index is 2380. The molecule has 3 amide bonds. The van der Waals surface area contributed by atoms with Crippen LogP contribution in [0.2, 0.25) is 0 Å². The molecule has 2 aliphatic heterocycles. The Labute approximate surface area is 357 Å². The molecular formula is C43H51F3N6O9S. The van der Waals surface area contributed by atoms with Gasteiger partial charge in [0.25, 0.3) is 5.91 Å². The Morgan fingerprint density at radius 3 is 2.48 bits per heavy atom. The number of ketones is 1. The number of carbonyl (C=O) groups excluding carboxylic acids is 4. The number of ether oxygens (including phenoxy) is 3. The number of aryl methyl sites for hydroxylation is 1. The van der Waals surface area contributed by atoms with Crippen LogP contribution in [0.15, 0.2) is 42.6 Å². The average Bonchev–Trinajstić information content (AvgIpc) is 4.09. The Hall–Kier alpha value is -5.20. The number of aromatic nitrogens is 3. The molecule has 4 heterocycles. The zero-order valence-electron chi connectivity index (χ0n) is 34.6. The van der Waals surface area contributed by atoms with Crippen LogP contribution in [-0.2, 0) is 31.0 Å². The first-order valence-electron chi connectivity index (χ1n) is 21.3. The van der Waals surface area contributed by atoms with Gasteiger partial charge in [-0.25, -0.2) is 13.4 Å². The predicted octanol–water partition coefficient (Wildman–Crippen LogP) is 5.48. The third-order valence-corrected chi connectivity index (χ3v) is 14.5. The summed E-state index contributed by atoms with van der Waals surface area (Å²) < 4.78 is 86.5. The fraction of sp³-hybridized carbons (Fsp3) is 0.581. The molecule has 0 bridgehead atoms. The van der Waals surface area contributed by atoms with Gasteiger partial charge in [-0.15, -0.1) is 0 Å². The van der Waals surface area contributed by atoms with Crippen LogP contribution in [0.5, 0.6) is 17.4 Å². The van der Waals surface area contributed by atoms with Crippen LogP contribution < -0.4 is 24.2 Å². The molecule has 3 aliphatic carbocycles. The lowest BCUT2D eigenvalue weighted by atomic mass is 9.91. The largest absolute Gasteiger partial charge is 0.496 e. The highest BCUT2D eigenvalue weighted by Gasteiger charge is 2.61. The van der Waals surface area contributed by atoms with Crippen molar-refractivity contribution in [3.05, 3.63) is 53.9 Å². The topological polar surface area (TPSA) is 188 Å². The lowest BCUT2D eigenvalue weighted by Gasteiger charge is -2.29. The third kappa shape index (κ3) is 9.41. The molecule has 0 spiro atoms. The van der Waals surface area contributed by atoms with Crippen LogP contribution in [-0.4, -0.2) is 101 Å². The van der Waals surface area contributed by atoms with E-state index >= 15 is 0 Å². The highest BCUT2D eigenvalue weighted by Crippen LogP contribution is 2.57. The van der Waals surface area contributed by atoms with Gasteiger partial charge < -0.3 is 24.4 Å². The number of sulfonamides is 1. The molecule has 1 aromatic carbocycles. The third-order valence-electron chi connectivity index (χ3n) is 12.7. The van der Waals surface area contributed by atoms with E-state index in [0.717, 1.165) is 37.1 Å². The van der Waals surface area contributed by atoms with E-state index in [0.29, 0.717) is 71.5 Å². The first-order chi connectivity index (χ1) is 29.5. The van der Waals surface area contributed by atoms with Crippen molar-refractivity contribution < 1.29 is 55.0 Å². The van der Waals surface area contributed by atoms with Gasteiger partial charge in [0.1, 0.15) is 42.0 Å². The summed E-state index contributed by atoms with van der Waals surface area (Å²) in [6.07, 6.45) is 5.69. The average molecular weight is 885 g/mol. The summed E-state index contributed by atoms with van der Waals surface area (Å²) in [6.45, 7) is 0.362. The lowest BCUT2D eigenvalue weighted by molar-refractivity contribution is -0.142. The SMILES string of the molecule is COc1ccc2c(O[C@@H]3C[C@H]4C(=O)C[C@]5(C(=O)NS(=O)(=O)C6CC6)C[C@H]5/C=C\CCCCC[C@H](NC(=O)c5ccn(CC(F)(F)F)n5)C(=O)N4C3)cc(OC3CCC3)nc2c1C. The number of nitrogens with zero attached hydrogens (tertiary/aromatic N) is 4. The molecular weight excluding hydrogens is 834 g/mol. The van der Waals surface area contributed by atoms with Crippen molar-refractivity contribution in [2.24, 2.45) is 11.3 Å². The summed E-state index contributed by atoms with van der Waals surface area (Å²) in [5.74, 6) is -1.74. The molecule has 3 aromatic rings. The molecule has 5 atom stereocenters. The number of allylic oxidation sites excluding steroid dienone is 2. The molecule has 3 saturated carbocycles. The Morgan fingerprint density at radius 2 is 1.77 bits per heavy atom. The summed E-state index contributed by atoms with van der Waals surface area (Å²) in [6, 6.07) is 4.08. The number of fused-ring (bicyclic) bond motifs is 3. The Kier molecular flexibility index (Phi) is 12.0. The van der Waals surface area contributed by atoms with Crippen LogP contribution in [0.3, 0.4) is 0 Å². The van der Waals surface area contributed by atoms with Gasteiger partial charge in [0.05, 0.1) is 35.9 Å². The van der Waals surface area contributed by atoms with Crippen molar-refractivity contribution in [2.45, 2.75) is 133 Å². The van der Waals surface area contributed by atoms with Gasteiger partial charge in [-0.2, -0.15) is 18.3 Å². The number of carbonyl (C=O) groups is 4. The number of hydrogen-bond acceptors (Lipinski definition) is 11. The summed E-state index contributed by atoms with van der Waals surface area (Å²) in [5, 5.41) is 6.46. The second-order valence-electron chi connectivity index (χ2n) is 17.3. The summed E-state index contributed by atoms with van der Waals surface area (Å²) in [7, 11) is -2.37. The highest BCUT2D eigenvalue weighted by atomic mass is 32.2. The molecule has 2 N–H and O–H groups in total. The maximum absolute atomic E-state index is 14.8. The van der Waals surface area contributed by atoms with Gasteiger partial charge in [0.15, 0.2) is 5.78 Å². The lowest BCUT2D eigenvalue weighted by Crippen LogP contribution is -2.52. The van der Waals surface area contributed by atoms with Gasteiger partial charge in [-0.3, -0.25) is 28.6 Å². The molecule has 15 nitrogen and oxygen atoms in total. The fourth-order valence-corrected chi connectivity index (χ4v) is 10.1. The highest BCUT2D eigenvalue weighted by molar-refractivity contribution is 7.90. The van der Waals surface area contributed by atoms with Crippen molar-refractivity contribution >= 4 is 44.4 Å². The minimum atomic E-state index is -4.57. The van der Waals surface area contributed by atoms with Gasteiger partial charge in [0.2, 0.25) is 27.7 Å². The molecule has 8 rings (SSSR count). The molecule has 5 aliphatic rings. The molecule has 19 heteroatoms. The zero-order chi connectivity index (χ0) is 44.0. The Morgan fingerprint density at radius 1 is 0.984 bits per heavy atom. The van der Waals surface area contributed by atoms with E-state index in [1.807, 2.05) is 25.1 Å². The smallest absolute Gasteiger partial charge is 0.408 e. The number of hydrogen-bond donors (Lipinski definition) is 2. The second kappa shape index (κ2) is 17.2. The molecule has 0 unspecified atom stereocenters. The van der Waals surface area contributed by atoms with Crippen LogP contribution in [0, 0.1) is 18.3 Å². The van der Waals surface area contributed by atoms with E-state index in [4.69, 9.17) is 19.2 Å². The normalized spacial score (nSPS) is 26.6. The summed E-state index contributed by atoms with van der Waals surface area (Å²) >= 11 is 0. The molecule has 62 heavy (non-hydrogen) atoms. The van der Waals surface area contributed by atoms with E-state index < -0.39 is 81.0 Å². The van der Waals surface area contributed by atoms with Gasteiger partial charge in [0, 0.05) is 36.1 Å². The van der Waals surface area contributed by atoms with E-state index in [2.05, 4.69) is 15.1 Å². The molecule has 2 aromatic heterocycles. The minimum Gasteiger partial charge on any atom is -0.496 e. The fourth-order valence-electron chi connectivity index (χ4n) is 8.75. The van der Waals surface area contributed by atoms with Gasteiger partial charge in [-0.1, -0.05) is 25.0 Å². The number of nitrogens with one attached hydrogen (secondary N) is 2. The van der Waals surface area contributed by atoms with E-state index in [9.17, 15) is 40.8 Å². The summed E-state index contributed by atoms with van der Waals surface area (Å²) in [4.78, 5) is 63.1. The van der Waals surface area contributed by atoms with E-state index in [1.54, 1.807) is 19.2 Å². The van der Waals surface area contributed by atoms with E-state index in [-0.39, 0.29) is 44.0 Å². The van der Waals surface area contributed by atoms with Crippen molar-refractivity contribution in [1.82, 2.24) is 29.7 Å². The predicted molar refractivity (Wildman–Crippen MR) is 218 cm³/mol. The second-order valence-corrected chi connectivity index (χ2v) is 19.3. The van der Waals surface area contributed by atoms with Crippen LogP contribution in [0.1, 0.15) is 99.5 Å². The number of rotatable bonds is 11. The van der Waals surface area contributed by atoms with E-state index in [1.165, 1.54) is 4.90 Å². The zero-order valence-corrected chi connectivity index (χ0v) is 35.4. The summed E-state index contributed by atoms with van der Waals surface area (Å²) in [5.41, 5.74) is -0.333. The first-order valence-corrected chi connectivity index (χ1v) is 22.9. The molecule has 1 saturated heterocycles. The maximum atomic E-state index is 14.8. The maximum Gasteiger partial charge on any atom is 0.408 e. The van der Waals surface area contributed by atoms with Gasteiger partial charge >= 0.3 is 6.18 Å². The molecule has 4 fully saturated rings. The number of halogens is 3. The molecule has 0 radical (unpaired) electrons. The number of amides is 3. The van der Waals surface area contributed by atoms with Crippen molar-refractivity contribution in [2.75, 3.05) is 13.7 Å². The van der Waals surface area contributed by atoms with Crippen molar-refractivity contribution in [3.63, 3.8) is 0 Å². The number of pyridine rings is 1. The van der Waals surface area contributed by atoms with Crippen molar-refractivity contribution in [3.8, 4) is 17.4 Å². The number of Topliss-reactive ketones (excluding diaryl/α,β-unsaturated/α-hetero) is 1. The minimum absolute atomic E-state index is 0.00341. The van der Waals surface area contributed by atoms with Crippen LogP contribution in [0.25, 0.3) is 10.9 Å². The van der Waals surface area contributed by atoms with Crippen molar-refractivity contribution in [1.29, 1.82) is 0 Å². The van der Waals surface area contributed by atoms with Crippen LogP contribution in [0.4, 0.5) is 13.2 Å². The Balaban J connectivity index is 1.11. The van der Waals surface area contributed by atoms with Gasteiger partial charge in [-0.05, 0) is 88.8 Å². The first kappa shape index (κ1) is 43.4. The standard InChI is InChI=1S/C43H51F3N6O9S/c1-25-35(59-2)16-15-30-36(20-37(48-38(25)30)61-27-10-8-11-27)60-28-19-33-34(53)22-42(41(56)50-62(57,58)29-13-14-29)21-26(42)9-6-4-3-5-7-12-32(40(55)52(33)23-28)47-39(54)31-17-18-51(49-31)24-43(44,45)46/h6,9,15-18,20,26-29,32-33H,3-5,7-8,10-14,19,21-24H2,1-2H3,(H,47,54)(H,50,56)/b9-6-/t26-,28-,32+,33+,42-/m1/s1. The number of alkyl halides is 3.